The molecule has 1 aromatic heterocycles. The van der Waals surface area contributed by atoms with Crippen LogP contribution in [0.1, 0.15) is 5.56 Å². The van der Waals surface area contributed by atoms with Gasteiger partial charge in [-0.3, -0.25) is 4.98 Å². The Kier molecular flexibility index (Phi) is 2.60. The van der Waals surface area contributed by atoms with Gasteiger partial charge >= 0.3 is 0 Å². The van der Waals surface area contributed by atoms with Gasteiger partial charge in [-0.05, 0) is 36.8 Å². The number of pyridine rings is 1. The highest BCUT2D eigenvalue weighted by Gasteiger charge is 2.07. The molecule has 2 N–H and O–H groups in total. The van der Waals surface area contributed by atoms with Crippen LogP contribution in [0.15, 0.2) is 36.5 Å². The topological polar surface area (TPSA) is 38.9 Å². The number of benzene rings is 1. The van der Waals surface area contributed by atoms with Crippen LogP contribution in [0.25, 0.3) is 11.3 Å². The van der Waals surface area contributed by atoms with Gasteiger partial charge in [-0.15, -0.1) is 0 Å². The zero-order valence-corrected chi connectivity index (χ0v) is 9.12. The summed E-state index contributed by atoms with van der Waals surface area (Å²) < 4.78 is 0. The van der Waals surface area contributed by atoms with Gasteiger partial charge in [0.1, 0.15) is 0 Å². The third-order valence-corrected chi connectivity index (χ3v) is 2.70. The fraction of sp³-hybridized carbons (Fsp3) is 0.0833. The first-order valence-electron chi connectivity index (χ1n) is 4.65. The van der Waals surface area contributed by atoms with Crippen LogP contribution in [0, 0.1) is 6.92 Å². The highest BCUT2D eigenvalue weighted by molar-refractivity contribution is 6.32. The van der Waals surface area contributed by atoms with Gasteiger partial charge in [-0.25, -0.2) is 0 Å². The number of rotatable bonds is 1. The Morgan fingerprint density at radius 3 is 2.73 bits per heavy atom. The molecule has 0 radical (unpaired) electrons. The van der Waals surface area contributed by atoms with E-state index in [0.717, 1.165) is 16.8 Å². The third-order valence-electron chi connectivity index (χ3n) is 2.31. The molecule has 3 heteroatoms. The molecule has 0 saturated heterocycles. The summed E-state index contributed by atoms with van der Waals surface area (Å²) in [6.45, 7) is 1.96. The maximum absolute atomic E-state index is 6.06. The number of aromatic nitrogens is 1. The summed E-state index contributed by atoms with van der Waals surface area (Å²) in [4.78, 5) is 4.28. The van der Waals surface area contributed by atoms with Gasteiger partial charge in [0.2, 0.25) is 0 Å². The van der Waals surface area contributed by atoms with Gasteiger partial charge in [0.05, 0.1) is 5.69 Å². The van der Waals surface area contributed by atoms with Crippen molar-refractivity contribution in [3.8, 4) is 11.3 Å². The summed E-state index contributed by atoms with van der Waals surface area (Å²) >= 11 is 6.06. The van der Waals surface area contributed by atoms with Gasteiger partial charge in [-0.2, -0.15) is 0 Å². The molecule has 0 unspecified atom stereocenters. The second-order valence-electron chi connectivity index (χ2n) is 3.39. The fourth-order valence-electron chi connectivity index (χ4n) is 1.49. The van der Waals surface area contributed by atoms with E-state index in [1.165, 1.54) is 0 Å². The Balaban J connectivity index is 2.63. The molecule has 2 aromatic rings. The minimum Gasteiger partial charge on any atom is -0.399 e. The van der Waals surface area contributed by atoms with E-state index in [0.29, 0.717) is 10.7 Å². The molecule has 0 saturated carbocycles. The number of nitrogens with two attached hydrogens (primary N) is 1. The van der Waals surface area contributed by atoms with E-state index in [1.54, 1.807) is 12.3 Å². The molecule has 2 rings (SSSR count). The van der Waals surface area contributed by atoms with E-state index in [-0.39, 0.29) is 0 Å². The largest absolute Gasteiger partial charge is 0.399 e. The van der Waals surface area contributed by atoms with Gasteiger partial charge in [0, 0.05) is 22.5 Å². The first-order chi connectivity index (χ1) is 7.18. The maximum Gasteiger partial charge on any atom is 0.0705 e. The van der Waals surface area contributed by atoms with Crippen molar-refractivity contribution in [2.24, 2.45) is 0 Å². The SMILES string of the molecule is Cc1c(Cl)cc(N)cc1-c1ccccn1. The molecule has 0 aliphatic rings. The van der Waals surface area contributed by atoms with Crippen molar-refractivity contribution >= 4 is 17.3 Å². The zero-order chi connectivity index (χ0) is 10.8. The van der Waals surface area contributed by atoms with Crippen LogP contribution in [-0.2, 0) is 0 Å². The normalized spacial score (nSPS) is 10.3. The molecule has 0 aliphatic heterocycles. The van der Waals surface area contributed by atoms with Crippen molar-refractivity contribution in [2.45, 2.75) is 6.92 Å². The van der Waals surface area contributed by atoms with Crippen molar-refractivity contribution in [2.75, 3.05) is 5.73 Å². The molecule has 0 bridgehead atoms. The van der Waals surface area contributed by atoms with E-state index in [2.05, 4.69) is 4.98 Å². The number of anilines is 1. The van der Waals surface area contributed by atoms with Gasteiger partial charge in [0.15, 0.2) is 0 Å². The number of hydrogen-bond donors (Lipinski definition) is 1. The molecular formula is C12H11ClN2. The lowest BCUT2D eigenvalue weighted by Crippen LogP contribution is -1.91. The number of halogens is 1. The van der Waals surface area contributed by atoms with Crippen molar-refractivity contribution < 1.29 is 0 Å². The molecule has 0 spiro atoms. The second-order valence-corrected chi connectivity index (χ2v) is 3.80. The molecule has 0 fully saturated rings. The average Bonchev–Trinajstić information content (AvgIpc) is 2.24. The molecule has 2 nitrogen and oxygen atoms in total. The summed E-state index contributed by atoms with van der Waals surface area (Å²) in [7, 11) is 0. The van der Waals surface area contributed by atoms with Crippen LogP contribution in [0.5, 0.6) is 0 Å². The van der Waals surface area contributed by atoms with Crippen LogP contribution < -0.4 is 5.73 Å². The summed E-state index contributed by atoms with van der Waals surface area (Å²) in [6, 6.07) is 9.41. The van der Waals surface area contributed by atoms with Crippen LogP contribution in [0.4, 0.5) is 5.69 Å². The van der Waals surface area contributed by atoms with Crippen molar-refractivity contribution in [1.82, 2.24) is 4.98 Å². The number of hydrogen-bond acceptors (Lipinski definition) is 2. The second kappa shape index (κ2) is 3.91. The van der Waals surface area contributed by atoms with Crippen LogP contribution in [-0.4, -0.2) is 4.98 Å². The Morgan fingerprint density at radius 1 is 1.27 bits per heavy atom. The lowest BCUT2D eigenvalue weighted by molar-refractivity contribution is 1.31. The Morgan fingerprint density at radius 2 is 2.07 bits per heavy atom. The lowest BCUT2D eigenvalue weighted by atomic mass is 10.0. The first kappa shape index (κ1) is 9.99. The Bertz CT molecular complexity index is 480. The standard InChI is InChI=1S/C12H11ClN2/c1-8-10(6-9(14)7-11(8)13)12-4-2-3-5-15-12/h2-7H,14H2,1H3. The number of nitrogens with zero attached hydrogens (tertiary/aromatic N) is 1. The predicted molar refractivity (Wildman–Crippen MR) is 63.8 cm³/mol. The van der Waals surface area contributed by atoms with Crippen molar-refractivity contribution in [1.29, 1.82) is 0 Å². The Hall–Kier alpha value is -1.54. The Labute approximate surface area is 93.7 Å². The van der Waals surface area contributed by atoms with Gasteiger partial charge in [0.25, 0.3) is 0 Å². The molecular weight excluding hydrogens is 208 g/mol. The summed E-state index contributed by atoms with van der Waals surface area (Å²) in [6.07, 6.45) is 1.76. The first-order valence-corrected chi connectivity index (χ1v) is 5.03. The van der Waals surface area contributed by atoms with E-state index in [4.69, 9.17) is 17.3 Å². The molecule has 15 heavy (non-hydrogen) atoms. The molecule has 0 aliphatic carbocycles. The van der Waals surface area contributed by atoms with E-state index in [1.807, 2.05) is 31.2 Å². The molecule has 1 heterocycles. The van der Waals surface area contributed by atoms with Crippen LogP contribution >= 0.6 is 11.6 Å². The monoisotopic (exact) mass is 218 g/mol. The summed E-state index contributed by atoms with van der Waals surface area (Å²) in [5, 5.41) is 0.677. The molecule has 0 atom stereocenters. The highest BCUT2D eigenvalue weighted by Crippen LogP contribution is 2.29. The third kappa shape index (κ3) is 1.95. The smallest absolute Gasteiger partial charge is 0.0705 e. The maximum atomic E-state index is 6.06. The molecule has 76 valence electrons. The summed E-state index contributed by atoms with van der Waals surface area (Å²) in [5.41, 5.74) is 9.30. The van der Waals surface area contributed by atoms with Crippen molar-refractivity contribution in [3.05, 3.63) is 47.1 Å². The van der Waals surface area contributed by atoms with Crippen LogP contribution in [0.3, 0.4) is 0 Å². The predicted octanol–water partition coefficient (Wildman–Crippen LogP) is 3.29. The molecule has 1 aromatic carbocycles. The molecule has 0 amide bonds. The van der Waals surface area contributed by atoms with Crippen LogP contribution in [0.2, 0.25) is 5.02 Å². The minimum absolute atomic E-state index is 0.659. The van der Waals surface area contributed by atoms with E-state index < -0.39 is 0 Å². The lowest BCUT2D eigenvalue weighted by Gasteiger charge is -2.08. The van der Waals surface area contributed by atoms with Gasteiger partial charge in [-0.1, -0.05) is 17.7 Å². The zero-order valence-electron chi connectivity index (χ0n) is 8.37. The number of nitrogen functional groups attached to an aromatic ring is 1. The van der Waals surface area contributed by atoms with Gasteiger partial charge < -0.3 is 5.73 Å². The quantitative estimate of drug-likeness (QED) is 0.746. The minimum atomic E-state index is 0.659. The van der Waals surface area contributed by atoms with Crippen molar-refractivity contribution in [3.63, 3.8) is 0 Å². The fourth-order valence-corrected chi connectivity index (χ4v) is 1.72. The van der Waals surface area contributed by atoms with E-state index >= 15 is 0 Å². The highest BCUT2D eigenvalue weighted by atomic mass is 35.5. The van der Waals surface area contributed by atoms with E-state index in [9.17, 15) is 0 Å². The summed E-state index contributed by atoms with van der Waals surface area (Å²) in [5.74, 6) is 0. The average molecular weight is 219 g/mol.